The quantitative estimate of drug-likeness (QED) is 0.863. The van der Waals surface area contributed by atoms with Gasteiger partial charge in [-0.05, 0) is 44.2 Å². The number of nitrogens with zero attached hydrogens (tertiary/aromatic N) is 1. The first kappa shape index (κ1) is 15.8. The lowest BCUT2D eigenvalue weighted by atomic mass is 10.1. The molecule has 1 aromatic carbocycles. The Labute approximate surface area is 140 Å². The van der Waals surface area contributed by atoms with Crippen molar-refractivity contribution in [2.24, 2.45) is 0 Å². The van der Waals surface area contributed by atoms with E-state index in [0.29, 0.717) is 12.6 Å². The van der Waals surface area contributed by atoms with Gasteiger partial charge in [-0.25, -0.2) is 4.79 Å². The van der Waals surface area contributed by atoms with Crippen LogP contribution in [0.25, 0.3) is 0 Å². The molecule has 0 spiro atoms. The molecule has 0 unspecified atom stereocenters. The molecule has 1 aliphatic heterocycles. The Morgan fingerprint density at radius 1 is 1.41 bits per heavy atom. The third-order valence-corrected chi connectivity index (χ3v) is 5.19. The first-order chi connectivity index (χ1) is 10.6. The van der Waals surface area contributed by atoms with Crippen molar-refractivity contribution in [1.82, 2.24) is 10.2 Å². The molecule has 1 saturated heterocycles. The van der Waals surface area contributed by atoms with Crippen LogP contribution < -0.4 is 5.32 Å². The van der Waals surface area contributed by atoms with Gasteiger partial charge in [0.05, 0.1) is 12.1 Å². The fraction of sp³-hybridized carbons (Fsp3) is 0.588. The molecule has 2 fully saturated rings. The van der Waals surface area contributed by atoms with Crippen LogP contribution in [0.15, 0.2) is 28.7 Å². The van der Waals surface area contributed by atoms with E-state index in [1.165, 1.54) is 0 Å². The van der Waals surface area contributed by atoms with E-state index in [1.807, 2.05) is 30.0 Å². The maximum atomic E-state index is 12.7. The van der Waals surface area contributed by atoms with Crippen LogP contribution in [-0.2, 0) is 11.3 Å². The van der Waals surface area contributed by atoms with E-state index in [9.17, 15) is 4.79 Å². The van der Waals surface area contributed by atoms with Gasteiger partial charge in [0.15, 0.2) is 0 Å². The van der Waals surface area contributed by atoms with Gasteiger partial charge in [-0.2, -0.15) is 0 Å². The molecule has 2 aliphatic rings. The first-order valence-corrected chi connectivity index (χ1v) is 8.86. The number of hydrogen-bond acceptors (Lipinski definition) is 2. The lowest BCUT2D eigenvalue weighted by molar-refractivity contribution is 0.0828. The molecule has 1 N–H and O–H groups in total. The maximum Gasteiger partial charge on any atom is 0.318 e. The molecular weight excluding hydrogens is 344 g/mol. The molecule has 1 aromatic rings. The molecule has 0 radical (unpaired) electrons. The lowest BCUT2D eigenvalue weighted by Crippen LogP contribution is -2.48. The molecule has 1 heterocycles. The maximum absolute atomic E-state index is 12.7. The summed E-state index contributed by atoms with van der Waals surface area (Å²) in [4.78, 5) is 14.6. The Kier molecular flexibility index (Phi) is 5.03. The zero-order valence-electron chi connectivity index (χ0n) is 12.9. The van der Waals surface area contributed by atoms with Gasteiger partial charge in [0, 0.05) is 23.7 Å². The second-order valence-electron chi connectivity index (χ2n) is 6.24. The van der Waals surface area contributed by atoms with Gasteiger partial charge in [0.2, 0.25) is 0 Å². The van der Waals surface area contributed by atoms with Gasteiger partial charge in [-0.1, -0.05) is 34.1 Å². The number of halogens is 1. The second-order valence-corrected chi connectivity index (χ2v) is 7.09. The smallest absolute Gasteiger partial charge is 0.318 e. The summed E-state index contributed by atoms with van der Waals surface area (Å²) in [7, 11) is 0. The predicted octanol–water partition coefficient (Wildman–Crippen LogP) is 3.69. The van der Waals surface area contributed by atoms with Gasteiger partial charge in [-0.3, -0.25) is 0 Å². The van der Waals surface area contributed by atoms with Crippen LogP contribution in [-0.4, -0.2) is 35.7 Å². The number of carbonyl (C=O) groups is 1. The number of hydrogen-bond donors (Lipinski definition) is 1. The predicted molar refractivity (Wildman–Crippen MR) is 89.7 cm³/mol. The number of urea groups is 1. The third-order valence-electron chi connectivity index (χ3n) is 4.42. The molecule has 3 rings (SSSR count). The van der Waals surface area contributed by atoms with Crippen LogP contribution >= 0.6 is 15.9 Å². The summed E-state index contributed by atoms with van der Waals surface area (Å²) in [5.41, 5.74) is 1.15. The van der Waals surface area contributed by atoms with E-state index in [0.717, 1.165) is 42.3 Å². The van der Waals surface area contributed by atoms with Crippen molar-refractivity contribution in [2.45, 2.75) is 57.3 Å². The molecule has 0 bridgehead atoms. The van der Waals surface area contributed by atoms with Crippen molar-refractivity contribution in [3.63, 3.8) is 0 Å². The number of amides is 2. The number of nitrogens with one attached hydrogen (secondary N) is 1. The van der Waals surface area contributed by atoms with Crippen LogP contribution in [0.2, 0.25) is 0 Å². The third kappa shape index (κ3) is 3.82. The topological polar surface area (TPSA) is 41.6 Å². The van der Waals surface area contributed by atoms with Crippen molar-refractivity contribution in [2.75, 3.05) is 6.61 Å². The zero-order valence-corrected chi connectivity index (χ0v) is 14.5. The van der Waals surface area contributed by atoms with E-state index in [1.54, 1.807) is 0 Å². The Bertz CT molecular complexity index is 527. The van der Waals surface area contributed by atoms with Crippen molar-refractivity contribution in [3.05, 3.63) is 34.3 Å². The van der Waals surface area contributed by atoms with Crippen LogP contribution in [0.5, 0.6) is 0 Å². The standard InChI is InChI=1S/C17H23BrN2O2/c1-12(16-7-4-10-22-16)19-17(21)20(14-8-9-14)11-13-5-2-3-6-15(13)18/h2-3,5-6,12,14,16H,4,7-11H2,1H3,(H,19,21)/t12-,16-/m0/s1. The molecule has 1 saturated carbocycles. The summed E-state index contributed by atoms with van der Waals surface area (Å²) in [6.07, 6.45) is 4.50. The van der Waals surface area contributed by atoms with Gasteiger partial charge >= 0.3 is 6.03 Å². The number of ether oxygens (including phenoxy) is 1. The molecular formula is C17H23BrN2O2. The van der Waals surface area contributed by atoms with Crippen molar-refractivity contribution >= 4 is 22.0 Å². The van der Waals surface area contributed by atoms with Gasteiger partial charge < -0.3 is 15.0 Å². The largest absolute Gasteiger partial charge is 0.376 e. The molecule has 2 atom stereocenters. The highest BCUT2D eigenvalue weighted by molar-refractivity contribution is 9.10. The van der Waals surface area contributed by atoms with Crippen molar-refractivity contribution in [1.29, 1.82) is 0 Å². The van der Waals surface area contributed by atoms with Gasteiger partial charge in [-0.15, -0.1) is 0 Å². The Balaban J connectivity index is 1.63. The molecule has 5 heteroatoms. The summed E-state index contributed by atoms with van der Waals surface area (Å²) in [6.45, 7) is 3.50. The average Bonchev–Trinajstić information content (AvgIpc) is 3.18. The molecule has 2 amide bonds. The molecule has 1 aliphatic carbocycles. The zero-order chi connectivity index (χ0) is 15.5. The summed E-state index contributed by atoms with van der Waals surface area (Å²) in [6, 6.07) is 8.57. The minimum atomic E-state index is 0.0289. The molecule has 0 aromatic heterocycles. The highest BCUT2D eigenvalue weighted by Gasteiger charge is 2.34. The molecule has 4 nitrogen and oxygen atoms in total. The Morgan fingerprint density at radius 3 is 2.82 bits per heavy atom. The van der Waals surface area contributed by atoms with Gasteiger partial charge in [0.25, 0.3) is 0 Å². The minimum Gasteiger partial charge on any atom is -0.376 e. The summed E-state index contributed by atoms with van der Waals surface area (Å²) in [5.74, 6) is 0. The van der Waals surface area contributed by atoms with E-state index in [2.05, 4.69) is 27.3 Å². The second kappa shape index (κ2) is 7.01. The van der Waals surface area contributed by atoms with Crippen LogP contribution in [0.4, 0.5) is 4.79 Å². The van der Waals surface area contributed by atoms with E-state index >= 15 is 0 Å². The fourth-order valence-corrected chi connectivity index (χ4v) is 3.34. The SMILES string of the molecule is C[C@H](NC(=O)N(Cc1ccccc1Br)C1CC1)[C@@H]1CCCO1. The lowest BCUT2D eigenvalue weighted by Gasteiger charge is -2.27. The van der Waals surface area contributed by atoms with Crippen molar-refractivity contribution < 1.29 is 9.53 Å². The number of rotatable bonds is 5. The monoisotopic (exact) mass is 366 g/mol. The van der Waals surface area contributed by atoms with E-state index in [4.69, 9.17) is 4.74 Å². The fourth-order valence-electron chi connectivity index (χ4n) is 2.93. The van der Waals surface area contributed by atoms with Crippen molar-refractivity contribution in [3.8, 4) is 0 Å². The number of benzene rings is 1. The first-order valence-electron chi connectivity index (χ1n) is 8.07. The Hall–Kier alpha value is -1.07. The summed E-state index contributed by atoms with van der Waals surface area (Å²) in [5, 5.41) is 3.13. The molecule has 22 heavy (non-hydrogen) atoms. The summed E-state index contributed by atoms with van der Waals surface area (Å²) >= 11 is 3.57. The van der Waals surface area contributed by atoms with Crippen LogP contribution in [0, 0.1) is 0 Å². The normalized spacial score (nSPS) is 22.4. The Morgan fingerprint density at radius 2 is 2.18 bits per heavy atom. The molecule has 120 valence electrons. The van der Waals surface area contributed by atoms with E-state index in [-0.39, 0.29) is 18.2 Å². The minimum absolute atomic E-state index is 0.0289. The van der Waals surface area contributed by atoms with Gasteiger partial charge in [0.1, 0.15) is 0 Å². The van der Waals surface area contributed by atoms with Crippen LogP contribution in [0.3, 0.4) is 0 Å². The highest BCUT2D eigenvalue weighted by Crippen LogP contribution is 2.30. The average molecular weight is 367 g/mol. The summed E-state index contributed by atoms with van der Waals surface area (Å²) < 4.78 is 6.72. The highest BCUT2D eigenvalue weighted by atomic mass is 79.9. The van der Waals surface area contributed by atoms with E-state index < -0.39 is 0 Å². The van der Waals surface area contributed by atoms with Crippen LogP contribution in [0.1, 0.15) is 38.2 Å². The number of carbonyl (C=O) groups excluding carboxylic acids is 1.